The normalized spacial score (nSPS) is 35.0. The van der Waals surface area contributed by atoms with Gasteiger partial charge in [-0.05, 0) is 64.4 Å². The van der Waals surface area contributed by atoms with Gasteiger partial charge in [0.1, 0.15) is 6.10 Å². The molecule has 142 valence electrons. The van der Waals surface area contributed by atoms with Crippen LogP contribution in [0.5, 0.6) is 0 Å². The van der Waals surface area contributed by atoms with Crippen LogP contribution in [-0.4, -0.2) is 22.8 Å². The molecule has 3 atom stereocenters. The van der Waals surface area contributed by atoms with E-state index in [9.17, 15) is 9.90 Å². The topological polar surface area (TPSA) is 46.5 Å². The zero-order chi connectivity index (χ0) is 19.0. The maximum Gasteiger partial charge on any atom is 0.303 e. The molecule has 25 heavy (non-hydrogen) atoms. The van der Waals surface area contributed by atoms with Gasteiger partial charge >= 0.3 is 5.97 Å². The van der Waals surface area contributed by atoms with Gasteiger partial charge in [-0.1, -0.05) is 43.2 Å². The van der Waals surface area contributed by atoms with Gasteiger partial charge in [0, 0.05) is 13.3 Å². The Morgan fingerprint density at radius 2 is 1.96 bits per heavy atom. The summed E-state index contributed by atoms with van der Waals surface area (Å²) in [6.07, 6.45) is 12.4. The molecular weight excluding hydrogens is 312 g/mol. The predicted molar refractivity (Wildman–Crippen MR) is 104 cm³/mol. The van der Waals surface area contributed by atoms with Crippen LogP contribution < -0.4 is 0 Å². The van der Waals surface area contributed by atoms with Crippen molar-refractivity contribution >= 4 is 5.97 Å². The van der Waals surface area contributed by atoms with Gasteiger partial charge in [0.25, 0.3) is 0 Å². The fraction of sp³-hybridized carbons (Fsp3) is 0.682. The molecule has 1 aliphatic carbocycles. The summed E-state index contributed by atoms with van der Waals surface area (Å²) < 4.78 is 5.43. The van der Waals surface area contributed by atoms with Crippen molar-refractivity contribution in [1.82, 2.24) is 0 Å². The van der Waals surface area contributed by atoms with E-state index in [4.69, 9.17) is 4.74 Å². The third kappa shape index (κ3) is 9.06. The van der Waals surface area contributed by atoms with Crippen molar-refractivity contribution in [1.29, 1.82) is 0 Å². The molecule has 3 nitrogen and oxygen atoms in total. The molecule has 0 heterocycles. The zero-order valence-corrected chi connectivity index (χ0v) is 16.8. The van der Waals surface area contributed by atoms with Crippen molar-refractivity contribution < 1.29 is 14.6 Å². The van der Waals surface area contributed by atoms with Gasteiger partial charge in [-0.25, -0.2) is 0 Å². The molecule has 0 aromatic carbocycles. The summed E-state index contributed by atoms with van der Waals surface area (Å²) in [4.78, 5) is 11.4. The maximum absolute atomic E-state index is 11.4. The third-order valence-corrected chi connectivity index (χ3v) is 4.86. The first kappa shape index (κ1) is 21.7. The summed E-state index contributed by atoms with van der Waals surface area (Å²) in [7, 11) is 0. The Labute approximate surface area is 153 Å². The van der Waals surface area contributed by atoms with E-state index in [1.165, 1.54) is 18.1 Å². The summed E-state index contributed by atoms with van der Waals surface area (Å²) in [6, 6.07) is 0. The van der Waals surface area contributed by atoms with Crippen LogP contribution in [0.4, 0.5) is 0 Å². The molecule has 1 aliphatic rings. The molecule has 0 spiro atoms. The molecule has 0 saturated carbocycles. The van der Waals surface area contributed by atoms with Gasteiger partial charge < -0.3 is 9.84 Å². The lowest BCUT2D eigenvalue weighted by atomic mass is 9.86. The minimum absolute atomic E-state index is 0.314. The summed E-state index contributed by atoms with van der Waals surface area (Å²) in [6.45, 7) is 11.9. The summed E-state index contributed by atoms with van der Waals surface area (Å²) in [5.41, 5.74) is 1.61. The molecule has 0 bridgehead atoms. The van der Waals surface area contributed by atoms with Gasteiger partial charge in [-0.3, -0.25) is 4.79 Å². The molecule has 0 fully saturated rings. The number of allylic oxidation sites excluding steroid dienone is 4. The zero-order valence-electron chi connectivity index (χ0n) is 16.8. The standard InChI is InChI=1S/C22H36O3/c1-16(2)20-11-10-17(3)8-7-9-18(4)14-21(25-19(5)23)15-22(6,24)13-12-20/h8,12-14,16,20-21,24H,7,9-11,15H2,1-6H3/b13-12+,17-8+,18-14+/t20-,21+,22-/m1/s1. The molecule has 0 radical (unpaired) electrons. The van der Waals surface area contributed by atoms with Crippen molar-refractivity contribution in [2.75, 3.05) is 0 Å². The van der Waals surface area contributed by atoms with Crippen molar-refractivity contribution in [3.63, 3.8) is 0 Å². The van der Waals surface area contributed by atoms with Crippen LogP contribution in [0.1, 0.15) is 73.6 Å². The average molecular weight is 349 g/mol. The Hall–Kier alpha value is -1.35. The van der Waals surface area contributed by atoms with Crippen LogP contribution in [0.15, 0.2) is 35.5 Å². The Balaban J connectivity index is 3.10. The highest BCUT2D eigenvalue weighted by atomic mass is 16.5. The number of carbonyl (C=O) groups excluding carboxylic acids is 1. The van der Waals surface area contributed by atoms with E-state index in [1.807, 2.05) is 12.2 Å². The molecule has 0 aliphatic heterocycles. The molecule has 0 saturated heterocycles. The lowest BCUT2D eigenvalue weighted by Crippen LogP contribution is -2.30. The first-order valence-electron chi connectivity index (χ1n) is 9.51. The highest BCUT2D eigenvalue weighted by Gasteiger charge is 2.24. The summed E-state index contributed by atoms with van der Waals surface area (Å²) in [5.74, 6) is 0.645. The van der Waals surface area contributed by atoms with E-state index in [0.29, 0.717) is 18.3 Å². The second-order valence-electron chi connectivity index (χ2n) is 8.12. The van der Waals surface area contributed by atoms with Crippen LogP contribution in [0.25, 0.3) is 0 Å². The Morgan fingerprint density at radius 3 is 2.56 bits per heavy atom. The van der Waals surface area contributed by atoms with E-state index in [0.717, 1.165) is 25.7 Å². The van der Waals surface area contributed by atoms with E-state index >= 15 is 0 Å². The molecule has 1 rings (SSSR count). The largest absolute Gasteiger partial charge is 0.458 e. The fourth-order valence-corrected chi connectivity index (χ4v) is 3.25. The van der Waals surface area contributed by atoms with E-state index in [-0.39, 0.29) is 5.97 Å². The van der Waals surface area contributed by atoms with Crippen molar-refractivity contribution in [2.45, 2.75) is 85.4 Å². The highest BCUT2D eigenvalue weighted by molar-refractivity contribution is 5.66. The predicted octanol–water partition coefficient (Wildman–Crippen LogP) is 5.35. The molecule has 3 heteroatoms. The van der Waals surface area contributed by atoms with Crippen molar-refractivity contribution in [2.24, 2.45) is 11.8 Å². The highest BCUT2D eigenvalue weighted by Crippen LogP contribution is 2.26. The van der Waals surface area contributed by atoms with Crippen LogP contribution in [0.2, 0.25) is 0 Å². The van der Waals surface area contributed by atoms with Crippen LogP contribution >= 0.6 is 0 Å². The van der Waals surface area contributed by atoms with Crippen molar-refractivity contribution in [3.8, 4) is 0 Å². The van der Waals surface area contributed by atoms with Crippen molar-refractivity contribution in [3.05, 3.63) is 35.5 Å². The quantitative estimate of drug-likeness (QED) is 0.540. The van der Waals surface area contributed by atoms with Gasteiger partial charge in [0.2, 0.25) is 0 Å². The number of carbonyl (C=O) groups is 1. The smallest absolute Gasteiger partial charge is 0.303 e. The SMILES string of the molecule is CC(=O)O[C@H]1/C=C(\C)CC/C=C(\C)CC[C@@H](C(C)C)/C=C/[C@@](C)(O)C1. The third-order valence-electron chi connectivity index (χ3n) is 4.86. The number of rotatable bonds is 2. The van der Waals surface area contributed by atoms with Crippen LogP contribution in [-0.2, 0) is 9.53 Å². The fourth-order valence-electron chi connectivity index (χ4n) is 3.25. The lowest BCUT2D eigenvalue weighted by molar-refractivity contribution is -0.145. The molecule has 0 aromatic rings. The molecule has 1 N–H and O–H groups in total. The summed E-state index contributed by atoms with van der Waals surface area (Å²) in [5, 5.41) is 10.8. The van der Waals surface area contributed by atoms with E-state index in [2.05, 4.69) is 39.8 Å². The number of esters is 1. The minimum Gasteiger partial charge on any atom is -0.458 e. The maximum atomic E-state index is 11.4. The monoisotopic (exact) mass is 348 g/mol. The lowest BCUT2D eigenvalue weighted by Gasteiger charge is -2.26. The van der Waals surface area contributed by atoms with Gasteiger partial charge in [-0.2, -0.15) is 0 Å². The Kier molecular flexibility index (Phi) is 8.64. The van der Waals surface area contributed by atoms with Crippen LogP contribution in [0.3, 0.4) is 0 Å². The first-order valence-corrected chi connectivity index (χ1v) is 9.51. The number of hydrogen-bond acceptors (Lipinski definition) is 3. The Bertz CT molecular complexity index is 523. The van der Waals surface area contributed by atoms with Gasteiger partial charge in [0.15, 0.2) is 0 Å². The molecule has 0 aromatic heterocycles. The molecule has 0 unspecified atom stereocenters. The Morgan fingerprint density at radius 1 is 1.28 bits per heavy atom. The first-order chi connectivity index (χ1) is 11.6. The number of hydrogen-bond donors (Lipinski definition) is 1. The average Bonchev–Trinajstić information content (AvgIpc) is 2.44. The number of ether oxygens (including phenoxy) is 1. The minimum atomic E-state index is -1.00. The number of aliphatic hydroxyl groups is 1. The second-order valence-corrected chi connectivity index (χ2v) is 8.12. The van der Waals surface area contributed by atoms with E-state index in [1.54, 1.807) is 6.92 Å². The molecular formula is C22H36O3. The van der Waals surface area contributed by atoms with Gasteiger partial charge in [-0.15, -0.1) is 0 Å². The van der Waals surface area contributed by atoms with Crippen LogP contribution in [0, 0.1) is 11.8 Å². The van der Waals surface area contributed by atoms with E-state index < -0.39 is 11.7 Å². The summed E-state index contributed by atoms with van der Waals surface area (Å²) >= 11 is 0. The van der Waals surface area contributed by atoms with Gasteiger partial charge in [0.05, 0.1) is 5.60 Å². The molecule has 0 amide bonds. The second kappa shape index (κ2) is 9.96.